The molecule has 0 unspecified atom stereocenters. The summed E-state index contributed by atoms with van der Waals surface area (Å²) in [5.74, 6) is -0.720. The maximum atomic E-state index is 12.7. The van der Waals surface area contributed by atoms with Crippen LogP contribution in [-0.4, -0.2) is 56.3 Å². The van der Waals surface area contributed by atoms with E-state index < -0.39 is 15.6 Å². The molecule has 1 aromatic carbocycles. The minimum atomic E-state index is -3.84. The van der Waals surface area contributed by atoms with E-state index in [2.05, 4.69) is 10.6 Å². The number of nitrogens with one attached hydrogen (secondary N) is 2. The molecule has 10 heteroatoms. The number of piperazine rings is 1. The summed E-state index contributed by atoms with van der Waals surface area (Å²) in [5.41, 5.74) is 5.93. The number of amides is 2. The summed E-state index contributed by atoms with van der Waals surface area (Å²) < 4.78 is 26.5. The van der Waals surface area contributed by atoms with Crippen molar-refractivity contribution in [3.05, 3.63) is 29.8 Å². The molecule has 1 aliphatic rings. The van der Waals surface area contributed by atoms with Crippen LogP contribution in [0.2, 0.25) is 0 Å². The molecular formula is C17H27ClN4O4S. The number of nitrogens with zero attached hydrogens (tertiary/aromatic N) is 1. The number of hydrogen-bond acceptors (Lipinski definition) is 5. The van der Waals surface area contributed by atoms with Gasteiger partial charge in [-0.1, -0.05) is 19.9 Å². The normalized spacial score (nSPS) is 15.6. The van der Waals surface area contributed by atoms with Crippen molar-refractivity contribution >= 4 is 34.2 Å². The highest BCUT2D eigenvalue weighted by Crippen LogP contribution is 2.18. The Hall–Kier alpha value is -1.68. The average molecular weight is 419 g/mol. The number of sulfonamides is 1. The SMILES string of the molecule is CCC(N)(CC)CNC(=O)c1cccc(S(=O)(=O)N2CCNC(=O)C2)c1.Cl. The summed E-state index contributed by atoms with van der Waals surface area (Å²) in [6.45, 7) is 4.47. The van der Waals surface area contributed by atoms with E-state index in [9.17, 15) is 18.0 Å². The smallest absolute Gasteiger partial charge is 0.251 e. The second-order valence-electron chi connectivity index (χ2n) is 6.47. The van der Waals surface area contributed by atoms with Gasteiger partial charge in [-0.25, -0.2) is 8.42 Å². The molecule has 1 fully saturated rings. The minimum absolute atomic E-state index is 0. The monoisotopic (exact) mass is 418 g/mol. The number of carbonyl (C=O) groups excluding carboxylic acids is 2. The number of benzene rings is 1. The number of nitrogens with two attached hydrogens (primary N) is 1. The third-order valence-electron chi connectivity index (χ3n) is 4.75. The van der Waals surface area contributed by atoms with Crippen molar-refractivity contribution in [1.29, 1.82) is 0 Å². The zero-order valence-electron chi connectivity index (χ0n) is 15.5. The molecule has 0 aliphatic carbocycles. The highest BCUT2D eigenvalue weighted by Gasteiger charge is 2.29. The summed E-state index contributed by atoms with van der Waals surface area (Å²) in [7, 11) is -3.84. The predicted molar refractivity (Wildman–Crippen MR) is 105 cm³/mol. The van der Waals surface area contributed by atoms with E-state index in [1.165, 1.54) is 18.2 Å². The number of hydrogen-bond donors (Lipinski definition) is 3. The topological polar surface area (TPSA) is 122 Å². The Morgan fingerprint density at radius 1 is 1.33 bits per heavy atom. The third-order valence-corrected chi connectivity index (χ3v) is 6.59. The summed E-state index contributed by atoms with van der Waals surface area (Å²) >= 11 is 0. The lowest BCUT2D eigenvalue weighted by atomic mass is 9.94. The predicted octanol–water partition coefficient (Wildman–Crippen LogP) is 0.476. The van der Waals surface area contributed by atoms with E-state index >= 15 is 0 Å². The fourth-order valence-electron chi connectivity index (χ4n) is 2.63. The van der Waals surface area contributed by atoms with Gasteiger partial charge >= 0.3 is 0 Å². The van der Waals surface area contributed by atoms with E-state index in [1.807, 2.05) is 13.8 Å². The number of rotatable bonds is 7. The van der Waals surface area contributed by atoms with Crippen LogP contribution >= 0.6 is 12.4 Å². The summed E-state index contributed by atoms with van der Waals surface area (Å²) in [6.07, 6.45) is 1.43. The molecule has 0 spiro atoms. The first-order valence-corrected chi connectivity index (χ1v) is 10.1. The molecule has 8 nitrogen and oxygen atoms in total. The Balaban J connectivity index is 0.00000364. The van der Waals surface area contributed by atoms with Gasteiger partial charge in [0.25, 0.3) is 5.91 Å². The van der Waals surface area contributed by atoms with Crippen molar-refractivity contribution in [2.75, 3.05) is 26.2 Å². The minimum Gasteiger partial charge on any atom is -0.354 e. The average Bonchev–Trinajstić information content (AvgIpc) is 2.66. The van der Waals surface area contributed by atoms with Crippen LogP contribution in [0.3, 0.4) is 0 Å². The maximum Gasteiger partial charge on any atom is 0.251 e. The van der Waals surface area contributed by atoms with Gasteiger partial charge in [0.2, 0.25) is 15.9 Å². The van der Waals surface area contributed by atoms with Gasteiger partial charge in [0.15, 0.2) is 0 Å². The molecule has 0 aromatic heterocycles. The third kappa shape index (κ3) is 5.65. The summed E-state index contributed by atoms with van der Waals surface area (Å²) in [5, 5.41) is 5.36. The van der Waals surface area contributed by atoms with Gasteiger partial charge in [0.05, 0.1) is 11.4 Å². The van der Waals surface area contributed by atoms with Crippen LogP contribution in [-0.2, 0) is 14.8 Å². The van der Waals surface area contributed by atoms with Crippen molar-refractivity contribution < 1.29 is 18.0 Å². The van der Waals surface area contributed by atoms with E-state index in [1.54, 1.807) is 6.07 Å². The van der Waals surface area contributed by atoms with Crippen LogP contribution in [0, 0.1) is 0 Å². The van der Waals surface area contributed by atoms with Crippen molar-refractivity contribution in [3.63, 3.8) is 0 Å². The second-order valence-corrected chi connectivity index (χ2v) is 8.41. The molecular weight excluding hydrogens is 392 g/mol. The molecule has 0 radical (unpaired) electrons. The van der Waals surface area contributed by atoms with Crippen LogP contribution in [0.25, 0.3) is 0 Å². The van der Waals surface area contributed by atoms with Gasteiger partial charge in [-0.05, 0) is 31.0 Å². The highest BCUT2D eigenvalue weighted by molar-refractivity contribution is 7.89. The van der Waals surface area contributed by atoms with E-state index in [0.717, 1.165) is 17.1 Å². The lowest BCUT2D eigenvalue weighted by molar-refractivity contribution is -0.122. The van der Waals surface area contributed by atoms with Crippen LogP contribution in [0.15, 0.2) is 29.2 Å². The van der Waals surface area contributed by atoms with Crippen molar-refractivity contribution in [3.8, 4) is 0 Å². The van der Waals surface area contributed by atoms with Crippen LogP contribution in [0.4, 0.5) is 0 Å². The van der Waals surface area contributed by atoms with E-state index in [4.69, 9.17) is 5.73 Å². The summed E-state index contributed by atoms with van der Waals surface area (Å²) in [6, 6.07) is 5.81. The first-order chi connectivity index (χ1) is 12.2. The lowest BCUT2D eigenvalue weighted by Gasteiger charge is -2.27. The van der Waals surface area contributed by atoms with Crippen LogP contribution < -0.4 is 16.4 Å². The molecule has 0 saturated carbocycles. The molecule has 2 rings (SSSR count). The zero-order chi connectivity index (χ0) is 19.4. The van der Waals surface area contributed by atoms with E-state index in [-0.39, 0.29) is 54.3 Å². The second kappa shape index (κ2) is 9.50. The van der Waals surface area contributed by atoms with Crippen LogP contribution in [0.1, 0.15) is 37.0 Å². The standard InChI is InChI=1S/C17H26N4O4S.ClH/c1-3-17(18,4-2)12-20-16(23)13-6-5-7-14(10-13)26(24,25)21-9-8-19-15(22)11-21;/h5-7,10H,3-4,8-9,11-12,18H2,1-2H3,(H,19,22)(H,20,23);1H. The molecule has 152 valence electrons. The molecule has 4 N–H and O–H groups in total. The number of halogens is 1. The van der Waals surface area contributed by atoms with Gasteiger partial charge in [-0.15, -0.1) is 12.4 Å². The van der Waals surface area contributed by atoms with Gasteiger partial charge < -0.3 is 16.4 Å². The Morgan fingerprint density at radius 3 is 2.59 bits per heavy atom. The molecule has 27 heavy (non-hydrogen) atoms. The lowest BCUT2D eigenvalue weighted by Crippen LogP contribution is -2.50. The Kier molecular flexibility index (Phi) is 8.22. The van der Waals surface area contributed by atoms with Gasteiger partial charge in [0, 0.05) is 30.7 Å². The van der Waals surface area contributed by atoms with Gasteiger partial charge in [0.1, 0.15) is 0 Å². The molecule has 0 bridgehead atoms. The Bertz CT molecular complexity index is 781. The van der Waals surface area contributed by atoms with Crippen LogP contribution in [0.5, 0.6) is 0 Å². The highest BCUT2D eigenvalue weighted by atomic mass is 35.5. The zero-order valence-corrected chi connectivity index (χ0v) is 17.2. The molecule has 0 atom stereocenters. The van der Waals surface area contributed by atoms with E-state index in [0.29, 0.717) is 6.54 Å². The largest absolute Gasteiger partial charge is 0.354 e. The van der Waals surface area contributed by atoms with Crippen molar-refractivity contribution in [2.24, 2.45) is 5.73 Å². The fourth-order valence-corrected chi connectivity index (χ4v) is 4.07. The maximum absolute atomic E-state index is 12.7. The molecule has 1 saturated heterocycles. The van der Waals surface area contributed by atoms with Crippen molar-refractivity contribution in [1.82, 2.24) is 14.9 Å². The Labute approximate surface area is 166 Å². The summed E-state index contributed by atoms with van der Waals surface area (Å²) in [4.78, 5) is 23.9. The van der Waals surface area contributed by atoms with Gasteiger partial charge in [-0.3, -0.25) is 9.59 Å². The fraction of sp³-hybridized carbons (Fsp3) is 0.529. The van der Waals surface area contributed by atoms with Gasteiger partial charge in [-0.2, -0.15) is 4.31 Å². The first kappa shape index (κ1) is 23.4. The quantitative estimate of drug-likeness (QED) is 0.594. The molecule has 2 amide bonds. The van der Waals surface area contributed by atoms with Crippen molar-refractivity contribution in [2.45, 2.75) is 37.1 Å². The molecule has 1 aliphatic heterocycles. The first-order valence-electron chi connectivity index (χ1n) is 8.66. The molecule has 1 aromatic rings. The molecule has 1 heterocycles. The number of carbonyl (C=O) groups is 2. The Morgan fingerprint density at radius 2 is 2.00 bits per heavy atom.